The number of amides is 1. The summed E-state index contributed by atoms with van der Waals surface area (Å²) in [5.74, 6) is 0.381. The molecule has 0 radical (unpaired) electrons. The topological polar surface area (TPSA) is 47.6 Å². The molecule has 0 spiro atoms. The summed E-state index contributed by atoms with van der Waals surface area (Å²) in [5.41, 5.74) is 2.08. The Hall–Kier alpha value is -2.40. The summed E-state index contributed by atoms with van der Waals surface area (Å²) in [7, 11) is 1.58. The summed E-state index contributed by atoms with van der Waals surface area (Å²) in [6, 6.07) is 12.5. The lowest BCUT2D eigenvalue weighted by molar-refractivity contribution is -0.137. The van der Waals surface area contributed by atoms with Gasteiger partial charge < -0.3 is 14.8 Å². The monoisotopic (exact) mass is 399 g/mol. The highest BCUT2D eigenvalue weighted by Crippen LogP contribution is 2.40. The fourth-order valence-corrected chi connectivity index (χ4v) is 3.92. The largest absolute Gasteiger partial charge is 0.496 e. The third kappa shape index (κ3) is 4.78. The summed E-state index contributed by atoms with van der Waals surface area (Å²) in [6.45, 7) is 5.22. The van der Waals surface area contributed by atoms with E-state index >= 15 is 0 Å². The van der Waals surface area contributed by atoms with Crippen molar-refractivity contribution < 1.29 is 18.7 Å². The van der Waals surface area contributed by atoms with Crippen LogP contribution < -0.4 is 10.1 Å². The van der Waals surface area contributed by atoms with E-state index < -0.39 is 5.41 Å². The fraction of sp³-hybridized carbons (Fsp3) is 0.458. The summed E-state index contributed by atoms with van der Waals surface area (Å²) >= 11 is 0. The number of methoxy groups -OCH3 is 1. The van der Waals surface area contributed by atoms with Gasteiger partial charge in [-0.3, -0.25) is 4.79 Å². The molecule has 1 atom stereocenters. The maximum absolute atomic E-state index is 14.0. The van der Waals surface area contributed by atoms with Gasteiger partial charge in [0.1, 0.15) is 11.6 Å². The van der Waals surface area contributed by atoms with Crippen molar-refractivity contribution >= 4 is 5.91 Å². The van der Waals surface area contributed by atoms with Crippen LogP contribution in [0.1, 0.15) is 38.7 Å². The van der Waals surface area contributed by atoms with Gasteiger partial charge in [-0.25, -0.2) is 4.39 Å². The molecule has 156 valence electrons. The van der Waals surface area contributed by atoms with E-state index in [0.717, 1.165) is 17.5 Å². The van der Waals surface area contributed by atoms with Crippen LogP contribution in [-0.4, -0.2) is 32.3 Å². The molecule has 1 aliphatic rings. The number of carbonyl (C=O) groups excluding carboxylic acids is 1. The van der Waals surface area contributed by atoms with Gasteiger partial charge in [-0.05, 0) is 61.9 Å². The minimum absolute atomic E-state index is 0.0798. The van der Waals surface area contributed by atoms with E-state index in [0.29, 0.717) is 43.8 Å². The summed E-state index contributed by atoms with van der Waals surface area (Å²) < 4.78 is 25.0. The van der Waals surface area contributed by atoms with E-state index in [1.807, 2.05) is 31.2 Å². The van der Waals surface area contributed by atoms with Crippen LogP contribution in [0.4, 0.5) is 4.39 Å². The quantitative estimate of drug-likeness (QED) is 0.731. The van der Waals surface area contributed by atoms with E-state index in [4.69, 9.17) is 9.47 Å². The van der Waals surface area contributed by atoms with Gasteiger partial charge in [-0.1, -0.05) is 31.2 Å². The van der Waals surface area contributed by atoms with Crippen LogP contribution in [0, 0.1) is 11.2 Å². The molecular formula is C24H30FNO3. The van der Waals surface area contributed by atoms with Crippen LogP contribution >= 0.6 is 0 Å². The zero-order valence-corrected chi connectivity index (χ0v) is 17.5. The molecule has 1 amide bonds. The molecule has 3 rings (SSSR count). The molecule has 29 heavy (non-hydrogen) atoms. The highest BCUT2D eigenvalue weighted by atomic mass is 19.1. The number of halogens is 1. The zero-order valence-electron chi connectivity index (χ0n) is 17.5. The zero-order chi connectivity index (χ0) is 20.9. The van der Waals surface area contributed by atoms with Gasteiger partial charge in [0.05, 0.1) is 12.5 Å². The standard InChI is InChI=1S/C24H30FNO3/c1-4-17(2)26-23(27)24(11-13-29-14-12-24)16-18-7-5-6-8-20(18)21-15-19(25)9-10-22(21)28-3/h5-10,15,17H,4,11-14,16H2,1-3H3,(H,26,27). The second-order valence-electron chi connectivity index (χ2n) is 7.85. The van der Waals surface area contributed by atoms with E-state index in [9.17, 15) is 9.18 Å². The normalized spacial score (nSPS) is 16.8. The predicted octanol–water partition coefficient (Wildman–Crippen LogP) is 4.76. The Morgan fingerprint density at radius 2 is 1.93 bits per heavy atom. The lowest BCUT2D eigenvalue weighted by atomic mass is 9.73. The number of ether oxygens (including phenoxy) is 2. The van der Waals surface area contributed by atoms with Crippen LogP contribution in [0.5, 0.6) is 5.75 Å². The van der Waals surface area contributed by atoms with Gasteiger partial charge >= 0.3 is 0 Å². The van der Waals surface area contributed by atoms with Gasteiger partial charge in [0.15, 0.2) is 0 Å². The van der Waals surface area contributed by atoms with E-state index in [2.05, 4.69) is 12.2 Å². The lowest BCUT2D eigenvalue weighted by Crippen LogP contribution is -2.48. The van der Waals surface area contributed by atoms with Crippen molar-refractivity contribution in [1.29, 1.82) is 0 Å². The van der Waals surface area contributed by atoms with Crippen molar-refractivity contribution in [2.45, 2.75) is 45.6 Å². The summed E-state index contributed by atoms with van der Waals surface area (Å²) in [6.07, 6.45) is 2.80. The van der Waals surface area contributed by atoms with Crippen LogP contribution in [0.3, 0.4) is 0 Å². The van der Waals surface area contributed by atoms with Crippen molar-refractivity contribution in [3.63, 3.8) is 0 Å². The van der Waals surface area contributed by atoms with Crippen molar-refractivity contribution in [2.24, 2.45) is 5.41 Å². The van der Waals surface area contributed by atoms with Crippen molar-refractivity contribution in [3.05, 3.63) is 53.8 Å². The van der Waals surface area contributed by atoms with Crippen molar-refractivity contribution in [2.75, 3.05) is 20.3 Å². The molecule has 1 N–H and O–H groups in total. The molecule has 4 nitrogen and oxygen atoms in total. The van der Waals surface area contributed by atoms with E-state index in [-0.39, 0.29) is 17.8 Å². The van der Waals surface area contributed by atoms with Crippen LogP contribution in [-0.2, 0) is 16.0 Å². The SMILES string of the molecule is CCC(C)NC(=O)C1(Cc2ccccc2-c2cc(F)ccc2OC)CCOCC1. The molecule has 1 unspecified atom stereocenters. The van der Waals surface area contributed by atoms with Crippen LogP contribution in [0.15, 0.2) is 42.5 Å². The third-order valence-electron chi connectivity index (χ3n) is 5.92. The first kappa shape index (κ1) is 21.3. The molecule has 0 aromatic heterocycles. The van der Waals surface area contributed by atoms with Crippen LogP contribution in [0.2, 0.25) is 0 Å². The number of carbonyl (C=O) groups is 1. The Kier molecular flexibility index (Phi) is 6.91. The summed E-state index contributed by atoms with van der Waals surface area (Å²) in [4.78, 5) is 13.3. The van der Waals surface area contributed by atoms with Crippen molar-refractivity contribution in [3.8, 4) is 16.9 Å². The average molecular weight is 400 g/mol. The maximum atomic E-state index is 14.0. The van der Waals surface area contributed by atoms with E-state index in [1.54, 1.807) is 13.2 Å². The second-order valence-corrected chi connectivity index (χ2v) is 7.85. The molecule has 1 aliphatic heterocycles. The van der Waals surface area contributed by atoms with Gasteiger partial charge in [0.2, 0.25) is 5.91 Å². The molecule has 2 aromatic rings. The van der Waals surface area contributed by atoms with Gasteiger partial charge in [-0.15, -0.1) is 0 Å². The Bertz CT molecular complexity index is 846. The van der Waals surface area contributed by atoms with Crippen LogP contribution in [0.25, 0.3) is 11.1 Å². The smallest absolute Gasteiger partial charge is 0.226 e. The molecule has 0 saturated carbocycles. The fourth-order valence-electron chi connectivity index (χ4n) is 3.92. The summed E-state index contributed by atoms with van der Waals surface area (Å²) in [5, 5.41) is 3.17. The Morgan fingerprint density at radius 1 is 1.21 bits per heavy atom. The molecule has 0 bridgehead atoms. The first-order chi connectivity index (χ1) is 14.0. The predicted molar refractivity (Wildman–Crippen MR) is 112 cm³/mol. The number of rotatable bonds is 7. The third-order valence-corrected chi connectivity index (χ3v) is 5.92. The molecule has 1 fully saturated rings. The van der Waals surface area contributed by atoms with Gasteiger partial charge in [0, 0.05) is 24.8 Å². The Labute approximate surface area is 172 Å². The van der Waals surface area contributed by atoms with Crippen molar-refractivity contribution in [1.82, 2.24) is 5.32 Å². The maximum Gasteiger partial charge on any atom is 0.226 e. The minimum Gasteiger partial charge on any atom is -0.496 e. The molecule has 0 aliphatic carbocycles. The molecule has 1 saturated heterocycles. The Morgan fingerprint density at radius 3 is 2.62 bits per heavy atom. The first-order valence-electron chi connectivity index (χ1n) is 10.3. The molecule has 5 heteroatoms. The highest BCUT2D eigenvalue weighted by Gasteiger charge is 2.41. The molecular weight excluding hydrogens is 369 g/mol. The number of hydrogen-bond acceptors (Lipinski definition) is 3. The highest BCUT2D eigenvalue weighted by molar-refractivity contribution is 5.84. The number of nitrogens with one attached hydrogen (secondary N) is 1. The van der Waals surface area contributed by atoms with Gasteiger partial charge in [0.25, 0.3) is 0 Å². The Balaban J connectivity index is 2.00. The minimum atomic E-state index is -0.529. The van der Waals surface area contributed by atoms with Gasteiger partial charge in [-0.2, -0.15) is 0 Å². The van der Waals surface area contributed by atoms with E-state index in [1.165, 1.54) is 12.1 Å². The lowest BCUT2D eigenvalue weighted by Gasteiger charge is -2.37. The number of hydrogen-bond donors (Lipinski definition) is 1. The molecule has 2 aromatic carbocycles. The average Bonchev–Trinajstić information content (AvgIpc) is 2.74. The molecule has 1 heterocycles. The first-order valence-corrected chi connectivity index (χ1v) is 10.3. The number of benzene rings is 2. The second kappa shape index (κ2) is 9.40.